The van der Waals surface area contributed by atoms with Gasteiger partial charge < -0.3 is 10.3 Å². The highest BCUT2D eigenvalue weighted by molar-refractivity contribution is 5.70. The first-order valence-electron chi connectivity index (χ1n) is 5.92. The van der Waals surface area contributed by atoms with Gasteiger partial charge in [-0.25, -0.2) is 15.3 Å². The minimum absolute atomic E-state index is 0.443. The standard InChI is InChI=1S/C11H18N4O2/c12-11(16)14-17-5-1-2-10-7-15(8-13-10)6-9-3-4-9/h7-9H,1-6H2,(H3,12,14,16). The Balaban J connectivity index is 1.61. The average Bonchev–Trinajstić information content (AvgIpc) is 2.97. The van der Waals surface area contributed by atoms with E-state index in [1.54, 1.807) is 0 Å². The van der Waals surface area contributed by atoms with Crippen LogP contribution in [-0.2, 0) is 17.8 Å². The summed E-state index contributed by atoms with van der Waals surface area (Å²) in [5.74, 6) is 0.861. The fraction of sp³-hybridized carbons (Fsp3) is 0.636. The third-order valence-electron chi connectivity index (χ3n) is 2.70. The molecule has 0 aromatic carbocycles. The largest absolute Gasteiger partial charge is 0.350 e. The zero-order chi connectivity index (χ0) is 12.1. The summed E-state index contributed by atoms with van der Waals surface area (Å²) < 4.78 is 2.15. The van der Waals surface area contributed by atoms with E-state index in [1.165, 1.54) is 12.8 Å². The number of nitrogens with one attached hydrogen (secondary N) is 1. The van der Waals surface area contributed by atoms with Crippen molar-refractivity contribution in [2.45, 2.75) is 32.2 Å². The molecule has 1 aromatic rings. The molecule has 94 valence electrons. The molecule has 1 saturated carbocycles. The van der Waals surface area contributed by atoms with Gasteiger partial charge in [0.1, 0.15) is 0 Å². The number of primary amides is 1. The summed E-state index contributed by atoms with van der Waals surface area (Å²) in [5, 5.41) is 0. The van der Waals surface area contributed by atoms with Crippen LogP contribution in [-0.4, -0.2) is 22.2 Å². The molecule has 0 aliphatic heterocycles. The zero-order valence-corrected chi connectivity index (χ0v) is 9.76. The Labute approximate surface area is 100 Å². The van der Waals surface area contributed by atoms with Crippen molar-refractivity contribution in [1.82, 2.24) is 15.0 Å². The summed E-state index contributed by atoms with van der Waals surface area (Å²) in [5.41, 5.74) is 8.00. The number of nitrogens with two attached hydrogens (primary N) is 1. The smallest absolute Gasteiger partial charge is 0.336 e. The zero-order valence-electron chi connectivity index (χ0n) is 9.76. The first-order chi connectivity index (χ1) is 8.24. The monoisotopic (exact) mass is 238 g/mol. The lowest BCUT2D eigenvalue weighted by Crippen LogP contribution is -2.29. The highest BCUT2D eigenvalue weighted by atomic mass is 16.7. The van der Waals surface area contributed by atoms with Crippen LogP contribution in [0.2, 0.25) is 0 Å². The normalized spacial score (nSPS) is 14.8. The lowest BCUT2D eigenvalue weighted by atomic mass is 10.2. The molecule has 2 amide bonds. The molecule has 0 radical (unpaired) electrons. The van der Waals surface area contributed by atoms with Crippen molar-refractivity contribution in [3.63, 3.8) is 0 Å². The first-order valence-corrected chi connectivity index (χ1v) is 5.92. The molecular formula is C11H18N4O2. The fourth-order valence-electron chi connectivity index (χ4n) is 1.68. The minimum atomic E-state index is -0.668. The molecule has 0 spiro atoms. The average molecular weight is 238 g/mol. The molecule has 6 heteroatoms. The molecule has 3 N–H and O–H groups in total. The summed E-state index contributed by atoms with van der Waals surface area (Å²) in [4.78, 5) is 19.5. The number of imidazole rings is 1. The van der Waals surface area contributed by atoms with Gasteiger partial charge in [0.2, 0.25) is 0 Å². The van der Waals surface area contributed by atoms with Gasteiger partial charge in [-0.2, -0.15) is 0 Å². The lowest BCUT2D eigenvalue weighted by molar-refractivity contribution is 0.0628. The Morgan fingerprint density at radius 3 is 3.18 bits per heavy atom. The second-order valence-electron chi connectivity index (χ2n) is 4.42. The van der Waals surface area contributed by atoms with Crippen LogP contribution in [0.4, 0.5) is 4.79 Å². The van der Waals surface area contributed by atoms with Gasteiger partial charge in [0.05, 0.1) is 18.6 Å². The summed E-state index contributed by atoms with van der Waals surface area (Å²) in [6.45, 7) is 1.53. The van der Waals surface area contributed by atoms with E-state index in [2.05, 4.69) is 21.2 Å². The molecule has 1 heterocycles. The molecule has 6 nitrogen and oxygen atoms in total. The number of nitrogens with zero attached hydrogens (tertiary/aromatic N) is 2. The van der Waals surface area contributed by atoms with Gasteiger partial charge in [-0.15, -0.1) is 0 Å². The maximum Gasteiger partial charge on any atom is 0.336 e. The quantitative estimate of drug-likeness (QED) is 0.545. The molecule has 0 bridgehead atoms. The number of aromatic nitrogens is 2. The van der Waals surface area contributed by atoms with Crippen LogP contribution in [0.5, 0.6) is 0 Å². The second kappa shape index (κ2) is 5.67. The predicted molar refractivity (Wildman–Crippen MR) is 61.9 cm³/mol. The van der Waals surface area contributed by atoms with Gasteiger partial charge in [0.15, 0.2) is 0 Å². The molecule has 1 aliphatic carbocycles. The van der Waals surface area contributed by atoms with E-state index in [1.807, 2.05) is 6.33 Å². The maximum absolute atomic E-state index is 10.3. The molecule has 1 fully saturated rings. The van der Waals surface area contributed by atoms with Crippen LogP contribution in [0.1, 0.15) is 25.0 Å². The van der Waals surface area contributed by atoms with Crippen LogP contribution >= 0.6 is 0 Å². The summed E-state index contributed by atoms with van der Waals surface area (Å²) >= 11 is 0. The summed E-state index contributed by atoms with van der Waals surface area (Å²) in [6, 6.07) is -0.668. The number of aryl methyl sites for hydroxylation is 1. The van der Waals surface area contributed by atoms with E-state index in [4.69, 9.17) is 10.6 Å². The fourth-order valence-corrected chi connectivity index (χ4v) is 1.68. The lowest BCUT2D eigenvalue weighted by Gasteiger charge is -2.01. The van der Waals surface area contributed by atoms with Crippen LogP contribution in [0.3, 0.4) is 0 Å². The molecule has 0 unspecified atom stereocenters. The van der Waals surface area contributed by atoms with Gasteiger partial charge in [-0.3, -0.25) is 4.84 Å². The molecule has 17 heavy (non-hydrogen) atoms. The Morgan fingerprint density at radius 2 is 2.47 bits per heavy atom. The van der Waals surface area contributed by atoms with Crippen molar-refractivity contribution in [3.05, 3.63) is 18.2 Å². The van der Waals surface area contributed by atoms with Crippen molar-refractivity contribution < 1.29 is 9.63 Å². The third kappa shape index (κ3) is 4.44. The van der Waals surface area contributed by atoms with E-state index in [-0.39, 0.29) is 0 Å². The topological polar surface area (TPSA) is 82.2 Å². The number of carbonyl (C=O) groups is 1. The molecule has 0 atom stereocenters. The second-order valence-corrected chi connectivity index (χ2v) is 4.42. The van der Waals surface area contributed by atoms with E-state index in [0.717, 1.165) is 31.0 Å². The van der Waals surface area contributed by atoms with Crippen LogP contribution in [0.15, 0.2) is 12.5 Å². The van der Waals surface area contributed by atoms with E-state index >= 15 is 0 Å². The number of hydroxylamine groups is 1. The Kier molecular flexibility index (Phi) is 3.98. The predicted octanol–water partition coefficient (Wildman–Crippen LogP) is 0.826. The molecule has 2 rings (SSSR count). The van der Waals surface area contributed by atoms with Gasteiger partial charge >= 0.3 is 6.03 Å². The van der Waals surface area contributed by atoms with Gasteiger partial charge in [0.25, 0.3) is 0 Å². The van der Waals surface area contributed by atoms with E-state index in [0.29, 0.717) is 6.61 Å². The van der Waals surface area contributed by atoms with Crippen molar-refractivity contribution in [3.8, 4) is 0 Å². The third-order valence-corrected chi connectivity index (χ3v) is 2.70. The Morgan fingerprint density at radius 1 is 1.65 bits per heavy atom. The Hall–Kier alpha value is -1.56. The van der Waals surface area contributed by atoms with Gasteiger partial charge in [-0.1, -0.05) is 0 Å². The highest BCUT2D eigenvalue weighted by Gasteiger charge is 2.21. The number of carbonyl (C=O) groups excluding carboxylic acids is 1. The van der Waals surface area contributed by atoms with Crippen LogP contribution in [0, 0.1) is 5.92 Å². The minimum Gasteiger partial charge on any atom is -0.350 e. The van der Waals surface area contributed by atoms with Crippen molar-refractivity contribution in [2.75, 3.05) is 6.61 Å². The first kappa shape index (κ1) is 11.9. The van der Waals surface area contributed by atoms with Crippen LogP contribution in [0.25, 0.3) is 0 Å². The number of amides is 2. The molecular weight excluding hydrogens is 220 g/mol. The SMILES string of the molecule is NC(=O)NOCCCc1cn(CC2CC2)cn1. The van der Waals surface area contributed by atoms with Gasteiger partial charge in [0, 0.05) is 12.7 Å². The maximum atomic E-state index is 10.3. The van der Waals surface area contributed by atoms with Crippen LogP contribution < -0.4 is 11.2 Å². The van der Waals surface area contributed by atoms with E-state index in [9.17, 15) is 4.79 Å². The Bertz CT molecular complexity index is 373. The molecule has 1 aromatic heterocycles. The number of hydrogen-bond donors (Lipinski definition) is 2. The number of hydrogen-bond acceptors (Lipinski definition) is 3. The molecule has 1 aliphatic rings. The number of rotatable bonds is 7. The van der Waals surface area contributed by atoms with E-state index < -0.39 is 6.03 Å². The van der Waals surface area contributed by atoms with Crippen molar-refractivity contribution in [2.24, 2.45) is 11.7 Å². The van der Waals surface area contributed by atoms with Crippen molar-refractivity contribution in [1.29, 1.82) is 0 Å². The number of urea groups is 1. The highest BCUT2D eigenvalue weighted by Crippen LogP contribution is 2.30. The van der Waals surface area contributed by atoms with Gasteiger partial charge in [-0.05, 0) is 31.6 Å². The summed E-state index contributed by atoms with van der Waals surface area (Å²) in [6.07, 6.45) is 8.31. The van der Waals surface area contributed by atoms with Crippen molar-refractivity contribution >= 4 is 6.03 Å². The molecule has 0 saturated heterocycles. The summed E-state index contributed by atoms with van der Waals surface area (Å²) in [7, 11) is 0.